The van der Waals surface area contributed by atoms with Crippen LogP contribution in [0.15, 0.2) is 48.5 Å². The number of hydrogen-bond acceptors (Lipinski definition) is 3. The molecule has 20 heavy (non-hydrogen) atoms. The average molecular weight is 270 g/mol. The molecule has 2 aromatic rings. The van der Waals surface area contributed by atoms with Crippen LogP contribution < -0.4 is 15.4 Å². The van der Waals surface area contributed by atoms with E-state index in [0.29, 0.717) is 11.4 Å². The fourth-order valence-corrected chi connectivity index (χ4v) is 1.79. The van der Waals surface area contributed by atoms with E-state index in [1.165, 1.54) is 0 Å². The molecule has 0 spiro atoms. The molecule has 0 saturated carbocycles. The van der Waals surface area contributed by atoms with Crippen LogP contribution >= 0.6 is 0 Å². The second kappa shape index (κ2) is 6.10. The van der Waals surface area contributed by atoms with Crippen LogP contribution in [-0.2, 0) is 4.79 Å². The summed E-state index contributed by atoms with van der Waals surface area (Å²) in [5, 5.41) is 0. The first-order valence-electron chi connectivity index (χ1n) is 6.38. The van der Waals surface area contributed by atoms with Crippen molar-refractivity contribution >= 4 is 17.3 Å². The smallest absolute Gasteiger partial charge is 0.264 e. The Morgan fingerprint density at radius 3 is 2.55 bits per heavy atom. The molecule has 0 aromatic heterocycles. The third-order valence-electron chi connectivity index (χ3n) is 3.01. The lowest BCUT2D eigenvalue weighted by molar-refractivity contribution is -0.120. The van der Waals surface area contributed by atoms with E-state index >= 15 is 0 Å². The van der Waals surface area contributed by atoms with Gasteiger partial charge in [0.05, 0.1) is 0 Å². The molecule has 0 fully saturated rings. The summed E-state index contributed by atoms with van der Waals surface area (Å²) in [4.78, 5) is 13.6. The first-order valence-corrected chi connectivity index (χ1v) is 6.38. The largest absolute Gasteiger partial charge is 0.484 e. The second-order valence-electron chi connectivity index (χ2n) is 4.65. The SMILES string of the molecule is Cc1cccc(OCC(=O)N(C)c2ccc(N)cc2)c1. The number of hydrogen-bond donors (Lipinski definition) is 1. The normalized spacial score (nSPS) is 10.1. The van der Waals surface area contributed by atoms with Crippen molar-refractivity contribution in [3.8, 4) is 5.75 Å². The molecule has 2 N–H and O–H groups in total. The van der Waals surface area contributed by atoms with Crippen molar-refractivity contribution in [1.82, 2.24) is 0 Å². The first kappa shape index (κ1) is 13.9. The van der Waals surface area contributed by atoms with Gasteiger partial charge in [-0.25, -0.2) is 0 Å². The minimum absolute atomic E-state index is 0.00430. The van der Waals surface area contributed by atoms with E-state index in [1.807, 2.05) is 31.2 Å². The van der Waals surface area contributed by atoms with Crippen LogP contribution in [0.25, 0.3) is 0 Å². The predicted molar refractivity (Wildman–Crippen MR) is 80.9 cm³/mol. The number of nitrogens with two attached hydrogens (primary N) is 1. The third kappa shape index (κ3) is 3.51. The monoisotopic (exact) mass is 270 g/mol. The molecule has 0 atom stereocenters. The van der Waals surface area contributed by atoms with E-state index in [-0.39, 0.29) is 12.5 Å². The fourth-order valence-electron chi connectivity index (χ4n) is 1.79. The van der Waals surface area contributed by atoms with Gasteiger partial charge in [-0.05, 0) is 48.9 Å². The number of benzene rings is 2. The summed E-state index contributed by atoms with van der Waals surface area (Å²) in [6.07, 6.45) is 0. The number of amides is 1. The van der Waals surface area contributed by atoms with Crippen LogP contribution in [0.5, 0.6) is 5.75 Å². The molecule has 0 aliphatic carbocycles. The van der Waals surface area contributed by atoms with Crippen LogP contribution in [0.2, 0.25) is 0 Å². The van der Waals surface area contributed by atoms with Crippen molar-refractivity contribution in [2.45, 2.75) is 6.92 Å². The number of carbonyl (C=O) groups is 1. The van der Waals surface area contributed by atoms with Crippen LogP contribution in [0.1, 0.15) is 5.56 Å². The number of nitrogens with zero attached hydrogens (tertiary/aromatic N) is 1. The fraction of sp³-hybridized carbons (Fsp3) is 0.188. The highest BCUT2D eigenvalue weighted by Crippen LogP contribution is 2.16. The van der Waals surface area contributed by atoms with Gasteiger partial charge >= 0.3 is 0 Å². The number of carbonyl (C=O) groups excluding carboxylic acids is 1. The topological polar surface area (TPSA) is 55.6 Å². The van der Waals surface area contributed by atoms with Gasteiger partial charge in [-0.3, -0.25) is 4.79 Å². The van der Waals surface area contributed by atoms with Crippen molar-refractivity contribution in [1.29, 1.82) is 0 Å². The van der Waals surface area contributed by atoms with Crippen LogP contribution in [0.4, 0.5) is 11.4 Å². The molecule has 0 unspecified atom stereocenters. The van der Waals surface area contributed by atoms with Gasteiger partial charge in [-0.1, -0.05) is 12.1 Å². The number of anilines is 2. The molecule has 2 rings (SSSR count). The minimum atomic E-state index is -0.115. The van der Waals surface area contributed by atoms with Gasteiger partial charge in [0.1, 0.15) is 5.75 Å². The molecule has 2 aromatic carbocycles. The second-order valence-corrected chi connectivity index (χ2v) is 4.65. The molecule has 0 radical (unpaired) electrons. The van der Waals surface area contributed by atoms with Crippen LogP contribution in [-0.4, -0.2) is 19.6 Å². The number of aryl methyl sites for hydroxylation is 1. The lowest BCUT2D eigenvalue weighted by Crippen LogP contribution is -2.31. The molecule has 4 heteroatoms. The molecule has 104 valence electrons. The molecular formula is C16H18N2O2. The maximum atomic E-state index is 12.1. The Morgan fingerprint density at radius 1 is 1.20 bits per heavy atom. The zero-order chi connectivity index (χ0) is 14.5. The van der Waals surface area contributed by atoms with Crippen molar-refractivity contribution in [3.05, 3.63) is 54.1 Å². The Labute approximate surface area is 118 Å². The van der Waals surface area contributed by atoms with E-state index in [0.717, 1.165) is 11.3 Å². The average Bonchev–Trinajstić information content (AvgIpc) is 2.45. The van der Waals surface area contributed by atoms with Gasteiger partial charge in [-0.2, -0.15) is 0 Å². The molecule has 0 saturated heterocycles. The van der Waals surface area contributed by atoms with Gasteiger partial charge in [-0.15, -0.1) is 0 Å². The summed E-state index contributed by atoms with van der Waals surface area (Å²) in [6.45, 7) is 1.99. The lowest BCUT2D eigenvalue weighted by atomic mass is 10.2. The Bertz CT molecular complexity index is 594. The summed E-state index contributed by atoms with van der Waals surface area (Å²) in [5.74, 6) is 0.584. The molecular weight excluding hydrogens is 252 g/mol. The van der Waals surface area contributed by atoms with Crippen LogP contribution in [0.3, 0.4) is 0 Å². The first-order chi connectivity index (χ1) is 9.56. The van der Waals surface area contributed by atoms with Crippen molar-refractivity contribution in [2.24, 2.45) is 0 Å². The zero-order valence-electron chi connectivity index (χ0n) is 11.7. The highest BCUT2D eigenvalue weighted by atomic mass is 16.5. The molecule has 0 aliphatic rings. The molecule has 4 nitrogen and oxygen atoms in total. The molecule has 1 amide bonds. The zero-order valence-corrected chi connectivity index (χ0v) is 11.7. The minimum Gasteiger partial charge on any atom is -0.484 e. The van der Waals surface area contributed by atoms with Gasteiger partial charge in [0.25, 0.3) is 5.91 Å². The summed E-state index contributed by atoms with van der Waals surface area (Å²) < 4.78 is 5.50. The van der Waals surface area contributed by atoms with Crippen molar-refractivity contribution in [3.63, 3.8) is 0 Å². The van der Waals surface area contributed by atoms with Crippen molar-refractivity contribution in [2.75, 3.05) is 24.3 Å². The Hall–Kier alpha value is -2.49. The number of rotatable bonds is 4. The number of nitrogen functional groups attached to an aromatic ring is 1. The van der Waals surface area contributed by atoms with Gasteiger partial charge < -0.3 is 15.4 Å². The summed E-state index contributed by atoms with van der Waals surface area (Å²) in [5.41, 5.74) is 8.18. The van der Waals surface area contributed by atoms with E-state index in [2.05, 4.69) is 0 Å². The Morgan fingerprint density at radius 2 is 1.90 bits per heavy atom. The summed E-state index contributed by atoms with van der Waals surface area (Å²) in [6, 6.07) is 14.8. The molecule has 0 bridgehead atoms. The van der Waals surface area contributed by atoms with Gasteiger partial charge in [0.2, 0.25) is 0 Å². The van der Waals surface area contributed by atoms with E-state index in [1.54, 1.807) is 36.2 Å². The Kier molecular flexibility index (Phi) is 4.25. The van der Waals surface area contributed by atoms with Gasteiger partial charge in [0, 0.05) is 18.4 Å². The third-order valence-corrected chi connectivity index (χ3v) is 3.01. The van der Waals surface area contributed by atoms with Crippen molar-refractivity contribution < 1.29 is 9.53 Å². The lowest BCUT2D eigenvalue weighted by Gasteiger charge is -2.17. The standard InChI is InChI=1S/C16H18N2O2/c1-12-4-3-5-15(10-12)20-11-16(19)18(2)14-8-6-13(17)7-9-14/h3-10H,11,17H2,1-2H3. The molecule has 0 aliphatic heterocycles. The van der Waals surface area contributed by atoms with Gasteiger partial charge in [0.15, 0.2) is 6.61 Å². The maximum absolute atomic E-state index is 12.1. The summed E-state index contributed by atoms with van der Waals surface area (Å²) in [7, 11) is 1.72. The van der Waals surface area contributed by atoms with E-state index in [9.17, 15) is 4.79 Å². The highest BCUT2D eigenvalue weighted by molar-refractivity contribution is 5.94. The van der Waals surface area contributed by atoms with E-state index in [4.69, 9.17) is 10.5 Å². The molecule has 0 heterocycles. The number of likely N-dealkylation sites (N-methyl/N-ethyl adjacent to an activating group) is 1. The predicted octanol–water partition coefficient (Wildman–Crippen LogP) is 2.62. The number of ether oxygens (including phenoxy) is 1. The maximum Gasteiger partial charge on any atom is 0.264 e. The Balaban J connectivity index is 1.96. The summed E-state index contributed by atoms with van der Waals surface area (Å²) >= 11 is 0. The highest BCUT2D eigenvalue weighted by Gasteiger charge is 2.11. The van der Waals surface area contributed by atoms with Crippen LogP contribution in [0, 0.1) is 6.92 Å². The van der Waals surface area contributed by atoms with E-state index < -0.39 is 0 Å². The quantitative estimate of drug-likeness (QED) is 0.869.